The molecule has 0 aromatic heterocycles. The molecule has 1 unspecified atom stereocenters. The standard InChI is InChI=1S/C20H23Cl2N3O5S/c1-3-23(4-2)17-7-8-24(13-17)31(28,29)20-12-16(25(26)27)5-6-19(20)30-18-10-14(21)9-15(22)11-18/h5-6,9-12,17H,3-4,7-8,13H2,1-2H3. The van der Waals surface area contributed by atoms with Crippen LogP contribution in [0.4, 0.5) is 5.69 Å². The van der Waals surface area contributed by atoms with Crippen molar-refractivity contribution in [2.24, 2.45) is 0 Å². The molecule has 0 N–H and O–H groups in total. The Bertz CT molecular complexity index is 1060. The summed E-state index contributed by atoms with van der Waals surface area (Å²) in [5.41, 5.74) is -0.338. The zero-order chi connectivity index (χ0) is 22.8. The molecule has 0 aliphatic carbocycles. The van der Waals surface area contributed by atoms with Crippen molar-refractivity contribution in [3.8, 4) is 11.5 Å². The van der Waals surface area contributed by atoms with E-state index in [4.69, 9.17) is 27.9 Å². The Morgan fingerprint density at radius 2 is 1.81 bits per heavy atom. The molecule has 1 heterocycles. The summed E-state index contributed by atoms with van der Waals surface area (Å²) in [7, 11) is -4.04. The van der Waals surface area contributed by atoms with Crippen molar-refractivity contribution in [2.45, 2.75) is 31.2 Å². The van der Waals surface area contributed by atoms with Crippen LogP contribution in [0.2, 0.25) is 10.0 Å². The van der Waals surface area contributed by atoms with Crippen LogP contribution in [-0.4, -0.2) is 54.8 Å². The fourth-order valence-corrected chi connectivity index (χ4v) is 5.85. The summed E-state index contributed by atoms with van der Waals surface area (Å²) in [5.74, 6) is 0.195. The predicted octanol–water partition coefficient (Wildman–Crippen LogP) is 4.80. The second-order valence-corrected chi connectivity index (χ2v) is 9.90. The maximum Gasteiger partial charge on any atom is 0.271 e. The number of rotatable bonds is 8. The zero-order valence-corrected chi connectivity index (χ0v) is 19.5. The molecule has 1 fully saturated rings. The van der Waals surface area contributed by atoms with Gasteiger partial charge in [0.25, 0.3) is 5.69 Å². The quantitative estimate of drug-likeness (QED) is 0.392. The van der Waals surface area contributed by atoms with E-state index in [1.165, 1.54) is 34.6 Å². The summed E-state index contributed by atoms with van der Waals surface area (Å²) < 4.78 is 34.0. The minimum absolute atomic E-state index is 0.0322. The SMILES string of the molecule is CCN(CC)C1CCN(S(=O)(=O)c2cc([N+](=O)[O-])ccc2Oc2cc(Cl)cc(Cl)c2)C1. The lowest BCUT2D eigenvalue weighted by Crippen LogP contribution is -2.38. The van der Waals surface area contributed by atoms with E-state index in [1.807, 2.05) is 13.8 Å². The number of sulfonamides is 1. The monoisotopic (exact) mass is 487 g/mol. The Morgan fingerprint density at radius 1 is 1.16 bits per heavy atom. The van der Waals surface area contributed by atoms with Crippen LogP contribution >= 0.6 is 23.2 Å². The Hall–Kier alpha value is -1.91. The van der Waals surface area contributed by atoms with Crippen molar-refractivity contribution < 1.29 is 18.1 Å². The van der Waals surface area contributed by atoms with Gasteiger partial charge in [-0.05, 0) is 43.8 Å². The molecule has 8 nitrogen and oxygen atoms in total. The number of non-ortho nitro benzene ring substituents is 1. The normalized spacial score (nSPS) is 17.3. The van der Waals surface area contributed by atoms with Gasteiger partial charge < -0.3 is 4.74 Å². The summed E-state index contributed by atoms with van der Waals surface area (Å²) in [5, 5.41) is 11.9. The van der Waals surface area contributed by atoms with Crippen LogP contribution in [0.1, 0.15) is 20.3 Å². The lowest BCUT2D eigenvalue weighted by atomic mass is 10.2. The molecule has 0 amide bonds. The van der Waals surface area contributed by atoms with E-state index in [9.17, 15) is 18.5 Å². The number of halogens is 2. The zero-order valence-electron chi connectivity index (χ0n) is 17.1. The molecule has 0 saturated carbocycles. The third-order valence-corrected chi connectivity index (χ3v) is 7.60. The Kier molecular flexibility index (Phi) is 7.43. The molecule has 1 saturated heterocycles. The number of ether oxygens (including phenoxy) is 1. The number of benzene rings is 2. The van der Waals surface area contributed by atoms with E-state index in [-0.39, 0.29) is 28.1 Å². The first-order chi connectivity index (χ1) is 14.6. The van der Waals surface area contributed by atoms with E-state index in [1.54, 1.807) is 0 Å². The van der Waals surface area contributed by atoms with Crippen LogP contribution in [0.15, 0.2) is 41.3 Å². The number of nitrogens with zero attached hydrogens (tertiary/aromatic N) is 3. The highest BCUT2D eigenvalue weighted by Crippen LogP contribution is 2.36. The summed E-state index contributed by atoms with van der Waals surface area (Å²) in [6, 6.07) is 8.08. The smallest absolute Gasteiger partial charge is 0.271 e. The average Bonchev–Trinajstić information content (AvgIpc) is 3.19. The summed E-state index contributed by atoms with van der Waals surface area (Å²) in [4.78, 5) is 12.6. The van der Waals surface area contributed by atoms with Crippen LogP contribution in [0.25, 0.3) is 0 Å². The maximum absolute atomic E-state index is 13.5. The highest BCUT2D eigenvalue weighted by molar-refractivity contribution is 7.89. The molecule has 31 heavy (non-hydrogen) atoms. The van der Waals surface area contributed by atoms with E-state index in [2.05, 4.69) is 4.90 Å². The first-order valence-corrected chi connectivity index (χ1v) is 12.0. The summed E-state index contributed by atoms with van der Waals surface area (Å²) in [6.45, 7) is 6.34. The number of hydrogen-bond acceptors (Lipinski definition) is 6. The van der Waals surface area contributed by atoms with Gasteiger partial charge in [0.1, 0.15) is 16.4 Å². The minimum atomic E-state index is -4.04. The van der Waals surface area contributed by atoms with Gasteiger partial charge in [-0.1, -0.05) is 37.0 Å². The lowest BCUT2D eigenvalue weighted by molar-refractivity contribution is -0.385. The Labute approximate surface area is 191 Å². The fraction of sp³-hybridized carbons (Fsp3) is 0.400. The highest BCUT2D eigenvalue weighted by Gasteiger charge is 2.37. The van der Waals surface area contributed by atoms with E-state index in [0.29, 0.717) is 29.6 Å². The summed E-state index contributed by atoms with van der Waals surface area (Å²) in [6.07, 6.45) is 0.690. The molecule has 168 valence electrons. The van der Waals surface area contributed by atoms with Gasteiger partial charge in [0, 0.05) is 41.3 Å². The molecule has 0 bridgehead atoms. The first kappa shape index (κ1) is 23.7. The van der Waals surface area contributed by atoms with Crippen molar-refractivity contribution in [2.75, 3.05) is 26.2 Å². The first-order valence-electron chi connectivity index (χ1n) is 9.82. The molecule has 2 aromatic rings. The predicted molar refractivity (Wildman–Crippen MR) is 120 cm³/mol. The molecular weight excluding hydrogens is 465 g/mol. The molecule has 1 aliphatic rings. The van der Waals surface area contributed by atoms with E-state index < -0.39 is 14.9 Å². The van der Waals surface area contributed by atoms with Gasteiger partial charge in [-0.3, -0.25) is 15.0 Å². The second kappa shape index (κ2) is 9.70. The lowest BCUT2D eigenvalue weighted by Gasteiger charge is -2.26. The van der Waals surface area contributed by atoms with Crippen LogP contribution in [0.5, 0.6) is 11.5 Å². The van der Waals surface area contributed by atoms with Gasteiger partial charge in [0.05, 0.1) is 4.92 Å². The number of nitro benzene ring substituents is 1. The topological polar surface area (TPSA) is 93.0 Å². The number of nitro groups is 1. The van der Waals surface area contributed by atoms with Gasteiger partial charge >= 0.3 is 0 Å². The van der Waals surface area contributed by atoms with Crippen LogP contribution in [0.3, 0.4) is 0 Å². The Morgan fingerprint density at radius 3 is 2.39 bits per heavy atom. The van der Waals surface area contributed by atoms with Crippen LogP contribution in [-0.2, 0) is 10.0 Å². The van der Waals surface area contributed by atoms with Gasteiger partial charge in [0.15, 0.2) is 0 Å². The van der Waals surface area contributed by atoms with Crippen LogP contribution in [0, 0.1) is 10.1 Å². The molecule has 1 atom stereocenters. The number of likely N-dealkylation sites (N-methyl/N-ethyl adjacent to an activating group) is 1. The number of hydrogen-bond donors (Lipinski definition) is 0. The average molecular weight is 488 g/mol. The maximum atomic E-state index is 13.5. The third-order valence-electron chi connectivity index (χ3n) is 5.27. The largest absolute Gasteiger partial charge is 0.456 e. The van der Waals surface area contributed by atoms with Crippen molar-refractivity contribution in [3.63, 3.8) is 0 Å². The van der Waals surface area contributed by atoms with Crippen molar-refractivity contribution in [1.82, 2.24) is 9.21 Å². The molecular formula is C20H23Cl2N3O5S. The van der Waals surface area contributed by atoms with Crippen molar-refractivity contribution in [1.29, 1.82) is 0 Å². The fourth-order valence-electron chi connectivity index (χ4n) is 3.72. The molecule has 0 spiro atoms. The van der Waals surface area contributed by atoms with E-state index >= 15 is 0 Å². The third kappa shape index (κ3) is 5.30. The Balaban J connectivity index is 1.99. The van der Waals surface area contributed by atoms with Gasteiger partial charge in [0.2, 0.25) is 10.0 Å². The molecule has 1 aliphatic heterocycles. The molecule has 3 rings (SSSR count). The molecule has 0 radical (unpaired) electrons. The van der Waals surface area contributed by atoms with Crippen molar-refractivity contribution >= 4 is 38.9 Å². The van der Waals surface area contributed by atoms with Crippen LogP contribution < -0.4 is 4.74 Å². The summed E-state index contributed by atoms with van der Waals surface area (Å²) >= 11 is 12.0. The van der Waals surface area contributed by atoms with Gasteiger partial charge in [-0.25, -0.2) is 8.42 Å². The second-order valence-electron chi connectivity index (χ2n) is 7.12. The van der Waals surface area contributed by atoms with Gasteiger partial charge in [-0.15, -0.1) is 0 Å². The molecule has 2 aromatic carbocycles. The highest BCUT2D eigenvalue weighted by atomic mass is 35.5. The minimum Gasteiger partial charge on any atom is -0.456 e. The molecule has 11 heteroatoms. The van der Waals surface area contributed by atoms with Crippen molar-refractivity contribution in [3.05, 3.63) is 56.6 Å². The van der Waals surface area contributed by atoms with E-state index in [0.717, 1.165) is 19.2 Å². The van der Waals surface area contributed by atoms with Gasteiger partial charge in [-0.2, -0.15) is 4.31 Å².